The number of aromatic nitrogens is 2. The topological polar surface area (TPSA) is 78.7 Å². The van der Waals surface area contributed by atoms with Crippen LogP contribution in [0.4, 0.5) is 17.6 Å². The second-order valence-corrected chi connectivity index (χ2v) is 10.6. The molecule has 198 valence electrons. The molecule has 0 saturated carbocycles. The maximum atomic E-state index is 15.6. The molecular formula is C27H18F4N4O3S. The van der Waals surface area contributed by atoms with Crippen LogP contribution in [0.2, 0.25) is 0 Å². The molecule has 4 heterocycles. The summed E-state index contributed by atoms with van der Waals surface area (Å²) < 4.78 is 61.3. The van der Waals surface area contributed by atoms with Gasteiger partial charge in [0.2, 0.25) is 5.43 Å². The normalized spacial score (nSPS) is 20.9. The van der Waals surface area contributed by atoms with E-state index in [-0.39, 0.29) is 29.1 Å². The molecule has 7 nitrogen and oxygen atoms in total. The van der Waals surface area contributed by atoms with Crippen molar-refractivity contribution in [2.24, 2.45) is 0 Å². The van der Waals surface area contributed by atoms with Crippen LogP contribution in [0.1, 0.15) is 40.5 Å². The molecule has 1 N–H and O–H groups in total. The Balaban J connectivity index is 1.59. The highest BCUT2D eigenvalue weighted by Crippen LogP contribution is 2.51. The number of carbonyl (C=O) groups excluding carboxylic acids is 1. The van der Waals surface area contributed by atoms with E-state index in [9.17, 15) is 27.9 Å². The lowest BCUT2D eigenvalue weighted by Crippen LogP contribution is -2.66. The second kappa shape index (κ2) is 8.15. The summed E-state index contributed by atoms with van der Waals surface area (Å²) in [5.74, 6) is -6.95. The van der Waals surface area contributed by atoms with Gasteiger partial charge in [-0.25, -0.2) is 22.5 Å². The fourth-order valence-corrected chi connectivity index (χ4v) is 6.76. The summed E-state index contributed by atoms with van der Waals surface area (Å²) in [6.07, 6.45) is -1.35. The summed E-state index contributed by atoms with van der Waals surface area (Å²) in [7, 11) is 0. The standard InChI is InChI=1S/C27H18F4N4O3S/c28-16-6-5-15-19(20(16)29)21-25(39-12-32-21)14-4-2-1-3-13(14)22(15)35-18-11-27(30,31)8-10-33(18)26(38)23-24(37)17(36)7-9-34(23)35/h1-7,9,12,18,22,37H,8,10-11H2. The van der Waals surface area contributed by atoms with Gasteiger partial charge in [0.25, 0.3) is 11.8 Å². The summed E-state index contributed by atoms with van der Waals surface area (Å²) in [5.41, 5.74) is 1.86. The summed E-state index contributed by atoms with van der Waals surface area (Å²) in [6.45, 7) is -0.330. The van der Waals surface area contributed by atoms with Crippen LogP contribution in [0, 0.1) is 11.6 Å². The quantitative estimate of drug-likeness (QED) is 0.340. The molecule has 2 atom stereocenters. The predicted molar refractivity (Wildman–Crippen MR) is 134 cm³/mol. The van der Waals surface area contributed by atoms with Crippen LogP contribution in [0.15, 0.2) is 59.0 Å². The van der Waals surface area contributed by atoms with Gasteiger partial charge in [0.05, 0.1) is 28.5 Å². The van der Waals surface area contributed by atoms with Crippen molar-refractivity contribution in [1.82, 2.24) is 14.6 Å². The molecular weight excluding hydrogens is 536 g/mol. The number of rotatable bonds is 1. The summed E-state index contributed by atoms with van der Waals surface area (Å²) in [4.78, 5) is 32.0. The molecule has 4 aromatic rings. The Kier molecular flexibility index (Phi) is 5.00. The fourth-order valence-electron chi connectivity index (χ4n) is 5.91. The highest BCUT2D eigenvalue weighted by Gasteiger charge is 2.52. The minimum atomic E-state index is -3.13. The zero-order valence-electron chi connectivity index (χ0n) is 19.9. The van der Waals surface area contributed by atoms with Crippen LogP contribution in [0.25, 0.3) is 21.7 Å². The van der Waals surface area contributed by atoms with E-state index in [0.29, 0.717) is 16.0 Å². The molecule has 39 heavy (non-hydrogen) atoms. The zero-order chi connectivity index (χ0) is 27.2. The lowest BCUT2D eigenvalue weighted by Gasteiger charge is -2.53. The first-order valence-electron chi connectivity index (χ1n) is 12.1. The molecule has 0 radical (unpaired) electrons. The van der Waals surface area contributed by atoms with Crippen molar-refractivity contribution in [3.8, 4) is 27.4 Å². The average molecular weight is 555 g/mol. The van der Waals surface area contributed by atoms with Crippen LogP contribution in [-0.4, -0.2) is 44.2 Å². The third-order valence-corrected chi connectivity index (χ3v) is 8.48. The van der Waals surface area contributed by atoms with Crippen molar-refractivity contribution in [1.29, 1.82) is 0 Å². The first kappa shape index (κ1) is 23.9. The largest absolute Gasteiger partial charge is 0.502 e. The second-order valence-electron chi connectivity index (χ2n) is 9.74. The Hall–Kier alpha value is -4.19. The molecule has 0 spiro atoms. The monoisotopic (exact) mass is 554 g/mol. The molecule has 2 aromatic heterocycles. The van der Waals surface area contributed by atoms with Gasteiger partial charge in [-0.2, -0.15) is 0 Å². The number of carbonyl (C=O) groups is 1. The van der Waals surface area contributed by atoms with E-state index >= 15 is 4.39 Å². The van der Waals surface area contributed by atoms with E-state index in [1.807, 2.05) is 0 Å². The highest BCUT2D eigenvalue weighted by atomic mass is 32.1. The van der Waals surface area contributed by atoms with Crippen LogP contribution in [0.5, 0.6) is 5.75 Å². The van der Waals surface area contributed by atoms with Gasteiger partial charge in [-0.3, -0.25) is 19.3 Å². The van der Waals surface area contributed by atoms with E-state index in [4.69, 9.17) is 0 Å². The Morgan fingerprint density at radius 2 is 1.85 bits per heavy atom. The van der Waals surface area contributed by atoms with Gasteiger partial charge >= 0.3 is 0 Å². The van der Waals surface area contributed by atoms with E-state index in [0.717, 1.165) is 12.1 Å². The Labute approximate surface area is 222 Å². The number of aromatic hydroxyl groups is 1. The maximum absolute atomic E-state index is 15.6. The van der Waals surface area contributed by atoms with E-state index in [1.54, 1.807) is 24.3 Å². The van der Waals surface area contributed by atoms with Crippen LogP contribution >= 0.6 is 11.3 Å². The van der Waals surface area contributed by atoms with Crippen molar-refractivity contribution >= 4 is 17.2 Å². The SMILES string of the molecule is O=C1c2c(O)c(=O)ccn2N(C2c3ccccc3-c3scnc3-c3c2ccc(F)c3F)C2CC(F)(F)CCN12. The maximum Gasteiger partial charge on any atom is 0.278 e. The summed E-state index contributed by atoms with van der Waals surface area (Å²) in [6, 6.07) is 9.38. The highest BCUT2D eigenvalue weighted by molar-refractivity contribution is 7.13. The van der Waals surface area contributed by atoms with Gasteiger partial charge in [-0.05, 0) is 22.8 Å². The molecule has 1 amide bonds. The number of hydrogen-bond acceptors (Lipinski definition) is 6. The first-order chi connectivity index (χ1) is 18.7. The molecule has 1 aliphatic carbocycles. The third kappa shape index (κ3) is 3.30. The van der Waals surface area contributed by atoms with Crippen molar-refractivity contribution in [3.05, 3.63) is 92.9 Å². The van der Waals surface area contributed by atoms with Gasteiger partial charge in [0.15, 0.2) is 23.1 Å². The van der Waals surface area contributed by atoms with Gasteiger partial charge in [-0.15, -0.1) is 11.3 Å². The molecule has 12 heteroatoms. The third-order valence-electron chi connectivity index (χ3n) is 7.62. The minimum Gasteiger partial charge on any atom is -0.502 e. The van der Waals surface area contributed by atoms with E-state index < -0.39 is 59.7 Å². The van der Waals surface area contributed by atoms with Gasteiger partial charge in [-0.1, -0.05) is 30.3 Å². The molecule has 0 bridgehead atoms. The molecule has 2 aromatic carbocycles. The average Bonchev–Trinajstić information content (AvgIpc) is 3.35. The molecule has 2 aliphatic heterocycles. The van der Waals surface area contributed by atoms with Gasteiger partial charge < -0.3 is 10.0 Å². The number of nitrogens with zero attached hydrogens (tertiary/aromatic N) is 4. The van der Waals surface area contributed by atoms with Crippen molar-refractivity contribution in [2.45, 2.75) is 31.0 Å². The Morgan fingerprint density at radius 3 is 2.67 bits per heavy atom. The van der Waals surface area contributed by atoms with Crippen LogP contribution in [-0.2, 0) is 0 Å². The molecule has 7 rings (SSSR count). The van der Waals surface area contributed by atoms with Crippen LogP contribution < -0.4 is 10.4 Å². The molecule has 3 aliphatic rings. The summed E-state index contributed by atoms with van der Waals surface area (Å²) >= 11 is 1.23. The van der Waals surface area contributed by atoms with Crippen molar-refractivity contribution < 1.29 is 27.5 Å². The van der Waals surface area contributed by atoms with E-state index in [1.165, 1.54) is 43.7 Å². The van der Waals surface area contributed by atoms with E-state index in [2.05, 4.69) is 4.98 Å². The van der Waals surface area contributed by atoms with Crippen molar-refractivity contribution in [2.75, 3.05) is 11.6 Å². The van der Waals surface area contributed by atoms with Crippen LogP contribution in [0.3, 0.4) is 0 Å². The number of amides is 1. The van der Waals surface area contributed by atoms with Gasteiger partial charge in [0.1, 0.15) is 6.17 Å². The molecule has 1 saturated heterocycles. The minimum absolute atomic E-state index is 0.120. The molecule has 1 fully saturated rings. The lowest BCUT2D eigenvalue weighted by molar-refractivity contribution is -0.0784. The number of fused-ring (bicyclic) bond motifs is 7. The number of pyridine rings is 1. The van der Waals surface area contributed by atoms with Crippen molar-refractivity contribution in [3.63, 3.8) is 0 Å². The number of hydrogen-bond donors (Lipinski definition) is 1. The number of piperidine rings is 1. The fraction of sp³-hybridized carbons (Fsp3) is 0.222. The number of halogens is 4. The number of thiazole rings is 1. The first-order valence-corrected chi connectivity index (χ1v) is 13.0. The summed E-state index contributed by atoms with van der Waals surface area (Å²) in [5, 5.41) is 12.1. The molecule has 2 unspecified atom stereocenters. The Morgan fingerprint density at radius 1 is 1.05 bits per heavy atom. The Bertz CT molecular complexity index is 1750. The van der Waals surface area contributed by atoms with Gasteiger partial charge in [0, 0.05) is 30.8 Å². The lowest BCUT2D eigenvalue weighted by atomic mass is 9.91. The number of benzene rings is 2. The smallest absolute Gasteiger partial charge is 0.278 e. The zero-order valence-corrected chi connectivity index (χ0v) is 20.8. The predicted octanol–water partition coefficient (Wildman–Crippen LogP) is 4.87. The number of alkyl halides is 2.